The fourth-order valence-electron chi connectivity index (χ4n) is 6.02. The fraction of sp³-hybridized carbons (Fsp3) is 0.517. The van der Waals surface area contributed by atoms with Gasteiger partial charge in [0, 0.05) is 37.3 Å². The van der Waals surface area contributed by atoms with Crippen LogP contribution in [0.4, 0.5) is 5.69 Å². The van der Waals surface area contributed by atoms with Gasteiger partial charge in [0.15, 0.2) is 0 Å². The van der Waals surface area contributed by atoms with E-state index in [1.165, 1.54) is 57.2 Å². The Bertz CT molecular complexity index is 1260. The Balaban J connectivity index is 1.12. The lowest BCUT2D eigenvalue weighted by atomic mass is 10.1. The number of hydrogen-bond acceptors (Lipinski definition) is 6. The maximum atomic E-state index is 13.6. The molecular formula is C29H38N6O2. The number of aromatic nitrogens is 2. The Morgan fingerprint density at radius 1 is 0.919 bits per heavy atom. The van der Waals surface area contributed by atoms with Crippen molar-refractivity contribution in [1.29, 1.82) is 0 Å². The lowest BCUT2D eigenvalue weighted by Crippen LogP contribution is -2.33. The van der Waals surface area contributed by atoms with Crippen molar-refractivity contribution in [3.05, 3.63) is 52.7 Å². The number of aromatic amines is 1. The summed E-state index contributed by atoms with van der Waals surface area (Å²) in [5.41, 5.74) is 11.6. The average molecular weight is 503 g/mol. The summed E-state index contributed by atoms with van der Waals surface area (Å²) in [7, 11) is 0. The molecule has 0 radical (unpaired) electrons. The first-order chi connectivity index (χ1) is 18.1. The lowest BCUT2D eigenvalue weighted by Gasteiger charge is -2.26. The minimum absolute atomic E-state index is 0.0340. The largest absolute Gasteiger partial charge is 0.492 e. The molecule has 1 aromatic heterocycles. The van der Waals surface area contributed by atoms with Crippen LogP contribution >= 0.6 is 0 Å². The predicted molar refractivity (Wildman–Crippen MR) is 145 cm³/mol. The number of amides is 1. The molecule has 4 heterocycles. The zero-order valence-electron chi connectivity index (χ0n) is 21.7. The van der Waals surface area contributed by atoms with E-state index < -0.39 is 0 Å². The normalized spacial score (nSPS) is 18.9. The average Bonchev–Trinajstić information content (AvgIpc) is 3.52. The molecular weight excluding hydrogens is 464 g/mol. The molecule has 0 spiro atoms. The monoisotopic (exact) mass is 502 g/mol. The number of H-pyrrole nitrogens is 1. The molecule has 0 bridgehead atoms. The van der Waals surface area contributed by atoms with Crippen LogP contribution in [0.1, 0.15) is 65.7 Å². The van der Waals surface area contributed by atoms with E-state index in [2.05, 4.69) is 32.1 Å². The molecule has 8 heteroatoms. The summed E-state index contributed by atoms with van der Waals surface area (Å²) in [4.78, 5) is 20.4. The van der Waals surface area contributed by atoms with Crippen molar-refractivity contribution in [2.45, 2.75) is 58.2 Å². The van der Waals surface area contributed by atoms with Gasteiger partial charge in [-0.25, -0.2) is 0 Å². The van der Waals surface area contributed by atoms with Gasteiger partial charge in [0.2, 0.25) is 0 Å². The Labute approximate surface area is 218 Å². The van der Waals surface area contributed by atoms with Gasteiger partial charge in [-0.2, -0.15) is 5.10 Å². The van der Waals surface area contributed by atoms with Crippen molar-refractivity contribution in [2.24, 2.45) is 0 Å². The number of fused-ring (bicyclic) bond motifs is 2. The minimum Gasteiger partial charge on any atom is -0.492 e. The number of hydrogen-bond donors (Lipinski definition) is 2. The van der Waals surface area contributed by atoms with Crippen LogP contribution in [0.25, 0.3) is 10.9 Å². The lowest BCUT2D eigenvalue weighted by molar-refractivity contribution is 0.0752. The van der Waals surface area contributed by atoms with Crippen molar-refractivity contribution in [3.63, 3.8) is 0 Å². The molecule has 37 heavy (non-hydrogen) atoms. The summed E-state index contributed by atoms with van der Waals surface area (Å²) in [6.45, 7) is 8.22. The zero-order valence-corrected chi connectivity index (χ0v) is 21.7. The third kappa shape index (κ3) is 5.31. The van der Waals surface area contributed by atoms with Gasteiger partial charge in [0.05, 0.1) is 16.8 Å². The van der Waals surface area contributed by atoms with Gasteiger partial charge in [0.1, 0.15) is 12.4 Å². The summed E-state index contributed by atoms with van der Waals surface area (Å²) >= 11 is 0. The van der Waals surface area contributed by atoms with Crippen LogP contribution in [-0.2, 0) is 19.6 Å². The number of nitrogens with two attached hydrogens (primary N) is 1. The van der Waals surface area contributed by atoms with Crippen LogP contribution in [0.5, 0.6) is 5.75 Å². The summed E-state index contributed by atoms with van der Waals surface area (Å²) < 4.78 is 6.07. The van der Waals surface area contributed by atoms with Crippen LogP contribution in [0.2, 0.25) is 0 Å². The Hall–Kier alpha value is -3.10. The number of carbonyl (C=O) groups is 1. The molecule has 0 atom stereocenters. The van der Waals surface area contributed by atoms with E-state index in [0.29, 0.717) is 30.9 Å². The smallest absolute Gasteiger partial charge is 0.256 e. The molecule has 2 saturated heterocycles. The number of ether oxygens (including phenoxy) is 1. The topological polar surface area (TPSA) is 90.7 Å². The summed E-state index contributed by atoms with van der Waals surface area (Å²) in [6, 6.07) is 9.99. The number of rotatable bonds is 7. The van der Waals surface area contributed by atoms with Gasteiger partial charge in [0.25, 0.3) is 5.91 Å². The number of benzene rings is 2. The van der Waals surface area contributed by atoms with Crippen molar-refractivity contribution >= 4 is 22.5 Å². The van der Waals surface area contributed by atoms with Crippen LogP contribution in [0.15, 0.2) is 30.3 Å². The maximum Gasteiger partial charge on any atom is 0.256 e. The Kier molecular flexibility index (Phi) is 7.02. The van der Waals surface area contributed by atoms with Crippen LogP contribution < -0.4 is 10.5 Å². The first kappa shape index (κ1) is 24.2. The number of likely N-dealkylation sites (tertiary alicyclic amines) is 2. The molecule has 3 aromatic rings. The molecule has 0 saturated carbocycles. The third-order valence-electron chi connectivity index (χ3n) is 8.18. The number of anilines is 1. The molecule has 2 aromatic carbocycles. The van der Waals surface area contributed by atoms with Crippen molar-refractivity contribution in [2.75, 3.05) is 45.1 Å². The van der Waals surface area contributed by atoms with E-state index in [0.717, 1.165) is 54.1 Å². The number of nitrogens with one attached hydrogen (secondary N) is 1. The minimum atomic E-state index is -0.0340. The van der Waals surface area contributed by atoms with Gasteiger partial charge < -0.3 is 15.4 Å². The highest BCUT2D eigenvalue weighted by atomic mass is 16.5. The molecule has 0 aliphatic carbocycles. The Morgan fingerprint density at radius 3 is 2.43 bits per heavy atom. The van der Waals surface area contributed by atoms with Gasteiger partial charge in [-0.15, -0.1) is 0 Å². The molecule has 3 N–H and O–H groups in total. The highest BCUT2D eigenvalue weighted by Gasteiger charge is 2.27. The number of nitrogens with zero attached hydrogens (tertiary/aromatic N) is 4. The number of carbonyl (C=O) groups excluding carboxylic acids is 1. The molecule has 3 aliphatic rings. The first-order valence-corrected chi connectivity index (χ1v) is 13.9. The van der Waals surface area contributed by atoms with E-state index in [1.54, 1.807) is 0 Å². The molecule has 1 amide bonds. The molecule has 196 valence electrons. The molecule has 2 fully saturated rings. The van der Waals surface area contributed by atoms with E-state index >= 15 is 0 Å². The van der Waals surface area contributed by atoms with Gasteiger partial charge in [-0.3, -0.25) is 19.7 Å². The summed E-state index contributed by atoms with van der Waals surface area (Å²) in [6.07, 6.45) is 7.71. The molecule has 6 rings (SSSR count). The van der Waals surface area contributed by atoms with Gasteiger partial charge >= 0.3 is 0 Å². The number of piperidine rings is 2. The maximum absolute atomic E-state index is 13.6. The number of nitrogen functional groups attached to an aromatic ring is 1. The second kappa shape index (κ2) is 10.7. The van der Waals surface area contributed by atoms with E-state index in [1.807, 2.05) is 23.1 Å². The SMILES string of the molecule is Nc1cc2n[nH]c(CN3CCCCC3)c2cc1C(=O)N1Cc2ccc(OCCN3CCCCC3)cc2C1. The second-order valence-corrected chi connectivity index (χ2v) is 10.8. The second-order valence-electron chi connectivity index (χ2n) is 10.8. The Morgan fingerprint density at radius 2 is 1.65 bits per heavy atom. The van der Waals surface area contributed by atoms with Crippen LogP contribution in [-0.4, -0.2) is 70.1 Å². The quantitative estimate of drug-likeness (QED) is 0.472. The zero-order chi connectivity index (χ0) is 25.2. The van der Waals surface area contributed by atoms with Gasteiger partial charge in [-0.05, 0) is 87.3 Å². The molecule has 0 unspecified atom stereocenters. The van der Waals surface area contributed by atoms with E-state index in [-0.39, 0.29) is 5.91 Å². The standard InChI is InChI=1S/C29H38N6O2/c30-26-17-27-25(28(32-31-27)20-34-11-5-2-6-12-34)16-24(26)29(36)35-18-21-7-8-23(15-22(21)19-35)37-14-13-33-9-3-1-4-10-33/h7-8,15-17H,1-6,9-14,18-20,30H2,(H,31,32). The molecule has 8 nitrogen and oxygen atoms in total. The van der Waals surface area contributed by atoms with Crippen LogP contribution in [0.3, 0.4) is 0 Å². The summed E-state index contributed by atoms with van der Waals surface area (Å²) in [5, 5.41) is 8.65. The van der Waals surface area contributed by atoms with Gasteiger partial charge in [-0.1, -0.05) is 18.9 Å². The van der Waals surface area contributed by atoms with Crippen LogP contribution in [0, 0.1) is 0 Å². The molecule has 3 aliphatic heterocycles. The highest BCUT2D eigenvalue weighted by molar-refractivity contribution is 6.04. The van der Waals surface area contributed by atoms with Crippen molar-refractivity contribution in [3.8, 4) is 5.75 Å². The first-order valence-electron chi connectivity index (χ1n) is 13.9. The predicted octanol–water partition coefficient (Wildman–Crippen LogP) is 4.15. The van der Waals surface area contributed by atoms with E-state index in [9.17, 15) is 4.79 Å². The third-order valence-corrected chi connectivity index (χ3v) is 8.18. The van der Waals surface area contributed by atoms with E-state index in [4.69, 9.17) is 10.5 Å². The highest BCUT2D eigenvalue weighted by Crippen LogP contribution is 2.31. The summed E-state index contributed by atoms with van der Waals surface area (Å²) in [5.74, 6) is 0.847. The fourth-order valence-corrected chi connectivity index (χ4v) is 6.02. The van der Waals surface area contributed by atoms with Crippen molar-refractivity contribution in [1.82, 2.24) is 24.9 Å². The van der Waals surface area contributed by atoms with Crippen molar-refractivity contribution < 1.29 is 9.53 Å².